The van der Waals surface area contributed by atoms with E-state index in [4.69, 9.17) is 18.7 Å². The second-order valence-electron chi connectivity index (χ2n) is 7.61. The molecule has 1 amide bonds. The largest absolute Gasteiger partial charge is 0.497 e. The second-order valence-corrected chi connectivity index (χ2v) is 7.61. The predicted molar refractivity (Wildman–Crippen MR) is 112 cm³/mol. The summed E-state index contributed by atoms with van der Waals surface area (Å²) >= 11 is 0. The molecular formula is C22H31N3O5. The van der Waals surface area contributed by atoms with E-state index in [2.05, 4.69) is 10.1 Å². The minimum absolute atomic E-state index is 0.131. The van der Waals surface area contributed by atoms with Crippen molar-refractivity contribution in [3.8, 4) is 11.5 Å². The first-order valence-electron chi connectivity index (χ1n) is 10.3. The number of piperidine rings is 1. The molecule has 1 aromatic carbocycles. The van der Waals surface area contributed by atoms with Crippen molar-refractivity contribution >= 4 is 5.91 Å². The summed E-state index contributed by atoms with van der Waals surface area (Å²) in [5.41, 5.74) is 0.305. The average Bonchev–Trinajstić information content (AvgIpc) is 3.26. The Hall–Kier alpha value is -2.58. The standard InChI is InChI=1S/C22H31N3O5/c1-24(15-17-7-9-25(10-8-17)11-12-27-2)22(26)21-14-20(30-23-21)16-29-19-6-4-5-18(13-19)28-3/h4-6,13-14,17H,7-12,15-16H2,1-3H3. The van der Waals surface area contributed by atoms with E-state index in [9.17, 15) is 4.79 Å². The van der Waals surface area contributed by atoms with E-state index in [0.717, 1.165) is 45.6 Å². The smallest absolute Gasteiger partial charge is 0.275 e. The number of benzene rings is 1. The minimum atomic E-state index is -0.131. The molecule has 0 N–H and O–H groups in total. The molecule has 0 saturated carbocycles. The summed E-state index contributed by atoms with van der Waals surface area (Å²) < 4.78 is 21.3. The first-order valence-corrected chi connectivity index (χ1v) is 10.3. The molecule has 0 aliphatic carbocycles. The van der Waals surface area contributed by atoms with Crippen molar-refractivity contribution in [3.05, 3.63) is 41.8 Å². The zero-order chi connectivity index (χ0) is 21.3. The zero-order valence-corrected chi connectivity index (χ0v) is 18.0. The van der Waals surface area contributed by atoms with Gasteiger partial charge in [-0.3, -0.25) is 4.79 Å². The molecule has 0 unspecified atom stereocenters. The summed E-state index contributed by atoms with van der Waals surface area (Å²) in [5.74, 6) is 2.24. The van der Waals surface area contributed by atoms with E-state index in [0.29, 0.717) is 28.9 Å². The van der Waals surface area contributed by atoms with Crippen LogP contribution in [0.3, 0.4) is 0 Å². The van der Waals surface area contributed by atoms with E-state index in [1.807, 2.05) is 25.2 Å². The van der Waals surface area contributed by atoms with Crippen LogP contribution in [0.15, 0.2) is 34.9 Å². The number of ether oxygens (including phenoxy) is 3. The van der Waals surface area contributed by atoms with Crippen molar-refractivity contribution < 1.29 is 23.5 Å². The highest BCUT2D eigenvalue weighted by Crippen LogP contribution is 2.21. The topological polar surface area (TPSA) is 77.3 Å². The Kier molecular flexibility index (Phi) is 8.10. The Bertz CT molecular complexity index is 802. The molecule has 1 aliphatic rings. The number of aromatic nitrogens is 1. The Morgan fingerprint density at radius 1 is 1.23 bits per heavy atom. The Morgan fingerprint density at radius 3 is 2.73 bits per heavy atom. The number of carbonyl (C=O) groups is 1. The number of methoxy groups -OCH3 is 2. The maximum Gasteiger partial charge on any atom is 0.275 e. The molecule has 1 fully saturated rings. The van der Waals surface area contributed by atoms with Gasteiger partial charge in [0.25, 0.3) is 5.91 Å². The lowest BCUT2D eigenvalue weighted by atomic mass is 9.96. The van der Waals surface area contributed by atoms with Gasteiger partial charge in [-0.05, 0) is 44.0 Å². The fraction of sp³-hybridized carbons (Fsp3) is 0.545. The van der Waals surface area contributed by atoms with Gasteiger partial charge in [0.1, 0.15) is 18.1 Å². The van der Waals surface area contributed by atoms with Crippen molar-refractivity contribution in [1.82, 2.24) is 15.0 Å². The third-order valence-corrected chi connectivity index (χ3v) is 5.40. The van der Waals surface area contributed by atoms with Gasteiger partial charge < -0.3 is 28.5 Å². The van der Waals surface area contributed by atoms with Crippen LogP contribution < -0.4 is 9.47 Å². The lowest BCUT2D eigenvalue weighted by molar-refractivity contribution is 0.0714. The van der Waals surface area contributed by atoms with Crippen molar-refractivity contribution in [1.29, 1.82) is 0 Å². The molecule has 0 atom stereocenters. The van der Waals surface area contributed by atoms with E-state index in [1.165, 1.54) is 0 Å². The number of rotatable bonds is 10. The van der Waals surface area contributed by atoms with Gasteiger partial charge in [0.15, 0.2) is 11.5 Å². The van der Waals surface area contributed by atoms with E-state index >= 15 is 0 Å². The predicted octanol–water partition coefficient (Wildman–Crippen LogP) is 2.69. The highest BCUT2D eigenvalue weighted by Gasteiger charge is 2.24. The summed E-state index contributed by atoms with van der Waals surface area (Å²) in [6.45, 7) is 4.74. The molecule has 164 valence electrons. The Balaban J connectivity index is 1.46. The molecular weight excluding hydrogens is 386 g/mol. The van der Waals surface area contributed by atoms with E-state index in [-0.39, 0.29) is 12.5 Å². The van der Waals surface area contributed by atoms with Gasteiger partial charge >= 0.3 is 0 Å². The lowest BCUT2D eigenvalue weighted by Gasteiger charge is -2.33. The summed E-state index contributed by atoms with van der Waals surface area (Å²) in [7, 11) is 5.16. The summed E-state index contributed by atoms with van der Waals surface area (Å²) in [4.78, 5) is 16.9. The summed E-state index contributed by atoms with van der Waals surface area (Å²) in [6, 6.07) is 8.96. The molecule has 8 heteroatoms. The van der Waals surface area contributed by atoms with Gasteiger partial charge in [-0.15, -0.1) is 0 Å². The number of hydrogen-bond acceptors (Lipinski definition) is 7. The SMILES string of the molecule is COCCN1CCC(CN(C)C(=O)c2cc(COc3cccc(OC)c3)on2)CC1. The fourth-order valence-electron chi connectivity index (χ4n) is 3.61. The van der Waals surface area contributed by atoms with Crippen LogP contribution in [0.4, 0.5) is 0 Å². The van der Waals surface area contributed by atoms with Gasteiger partial charge in [0.05, 0.1) is 13.7 Å². The van der Waals surface area contributed by atoms with Crippen molar-refractivity contribution in [2.24, 2.45) is 5.92 Å². The quantitative estimate of drug-likeness (QED) is 0.588. The maximum absolute atomic E-state index is 12.7. The lowest BCUT2D eigenvalue weighted by Crippen LogP contribution is -2.40. The Morgan fingerprint density at radius 2 is 2.00 bits per heavy atom. The number of carbonyl (C=O) groups excluding carboxylic acids is 1. The molecule has 8 nitrogen and oxygen atoms in total. The Labute approximate surface area is 177 Å². The molecule has 1 aliphatic heterocycles. The van der Waals surface area contributed by atoms with Crippen LogP contribution in [0.2, 0.25) is 0 Å². The van der Waals surface area contributed by atoms with Gasteiger partial charge in [0.2, 0.25) is 0 Å². The first-order chi connectivity index (χ1) is 14.6. The molecule has 30 heavy (non-hydrogen) atoms. The monoisotopic (exact) mass is 417 g/mol. The molecule has 1 saturated heterocycles. The van der Waals surface area contributed by atoms with Gasteiger partial charge in [-0.1, -0.05) is 11.2 Å². The zero-order valence-electron chi connectivity index (χ0n) is 18.0. The van der Waals surface area contributed by atoms with Crippen LogP contribution in [0.25, 0.3) is 0 Å². The normalized spacial score (nSPS) is 15.2. The fourth-order valence-corrected chi connectivity index (χ4v) is 3.61. The first kappa shape index (κ1) is 22.1. The summed E-state index contributed by atoms with van der Waals surface area (Å²) in [6.07, 6.45) is 2.17. The van der Waals surface area contributed by atoms with Crippen LogP contribution in [-0.2, 0) is 11.3 Å². The number of nitrogens with zero attached hydrogens (tertiary/aromatic N) is 3. The molecule has 3 rings (SSSR count). The average molecular weight is 418 g/mol. The van der Waals surface area contributed by atoms with Crippen molar-refractivity contribution in [2.45, 2.75) is 19.4 Å². The minimum Gasteiger partial charge on any atom is -0.497 e. The third-order valence-electron chi connectivity index (χ3n) is 5.40. The van der Waals surface area contributed by atoms with Crippen LogP contribution in [0.5, 0.6) is 11.5 Å². The second kappa shape index (κ2) is 11.0. The van der Waals surface area contributed by atoms with Crippen molar-refractivity contribution in [3.63, 3.8) is 0 Å². The van der Waals surface area contributed by atoms with Crippen molar-refractivity contribution in [2.75, 3.05) is 54.1 Å². The molecule has 0 bridgehead atoms. The van der Waals surface area contributed by atoms with Crippen LogP contribution in [0, 0.1) is 5.92 Å². The molecule has 1 aromatic heterocycles. The van der Waals surface area contributed by atoms with Gasteiger partial charge in [-0.25, -0.2) is 0 Å². The van der Waals surface area contributed by atoms with Crippen LogP contribution in [-0.4, -0.2) is 74.9 Å². The number of likely N-dealkylation sites (tertiary alicyclic amines) is 1. The highest BCUT2D eigenvalue weighted by molar-refractivity contribution is 5.92. The summed E-state index contributed by atoms with van der Waals surface area (Å²) in [5, 5.41) is 3.93. The highest BCUT2D eigenvalue weighted by atomic mass is 16.5. The molecule has 0 spiro atoms. The molecule has 0 radical (unpaired) electrons. The van der Waals surface area contributed by atoms with Crippen LogP contribution in [0.1, 0.15) is 29.1 Å². The van der Waals surface area contributed by atoms with E-state index in [1.54, 1.807) is 31.3 Å². The third kappa shape index (κ3) is 6.21. The van der Waals surface area contributed by atoms with Gasteiger partial charge in [-0.2, -0.15) is 0 Å². The van der Waals surface area contributed by atoms with Crippen LogP contribution >= 0.6 is 0 Å². The van der Waals surface area contributed by atoms with E-state index < -0.39 is 0 Å². The molecule has 2 heterocycles. The number of hydrogen-bond donors (Lipinski definition) is 0. The van der Waals surface area contributed by atoms with Gasteiger partial charge in [0, 0.05) is 39.4 Å². The maximum atomic E-state index is 12.7. The molecule has 2 aromatic rings. The number of amides is 1.